The molecule has 0 rings (SSSR count). The van der Waals surface area contributed by atoms with E-state index in [-0.39, 0.29) is 5.91 Å². The number of carboxylic acids is 1. The van der Waals surface area contributed by atoms with E-state index in [1.54, 1.807) is 0 Å². The SMILES string of the molecule is CCCCCCCCCCCCCCCCCCCCCC(=O)O.CN(C)CCC(N)=O. The van der Waals surface area contributed by atoms with Crippen LogP contribution in [0.2, 0.25) is 0 Å². The first-order valence-electron chi connectivity index (χ1n) is 13.5. The summed E-state index contributed by atoms with van der Waals surface area (Å²) in [5.74, 6) is -0.888. The molecular formula is C27H56N2O3. The van der Waals surface area contributed by atoms with Crippen molar-refractivity contribution in [1.82, 2.24) is 4.90 Å². The molecule has 192 valence electrons. The zero-order chi connectivity index (χ0) is 24.3. The Labute approximate surface area is 199 Å². The van der Waals surface area contributed by atoms with Crippen LogP contribution in [0.5, 0.6) is 0 Å². The van der Waals surface area contributed by atoms with Gasteiger partial charge in [-0.2, -0.15) is 0 Å². The molecule has 0 aromatic heterocycles. The first kappa shape index (κ1) is 33.1. The Morgan fingerprint density at radius 2 is 0.906 bits per heavy atom. The molecule has 0 radical (unpaired) electrons. The van der Waals surface area contributed by atoms with Crippen molar-refractivity contribution in [3.63, 3.8) is 0 Å². The average Bonchev–Trinajstić information content (AvgIpc) is 2.74. The van der Waals surface area contributed by atoms with Gasteiger partial charge in [0, 0.05) is 19.4 Å². The van der Waals surface area contributed by atoms with Crippen LogP contribution in [0.15, 0.2) is 0 Å². The van der Waals surface area contributed by atoms with E-state index in [0.717, 1.165) is 19.4 Å². The molecule has 3 N–H and O–H groups in total. The van der Waals surface area contributed by atoms with Gasteiger partial charge in [-0.15, -0.1) is 0 Å². The lowest BCUT2D eigenvalue weighted by Crippen LogP contribution is -2.20. The van der Waals surface area contributed by atoms with Crippen LogP contribution in [0.1, 0.15) is 142 Å². The van der Waals surface area contributed by atoms with E-state index in [4.69, 9.17) is 10.8 Å². The topological polar surface area (TPSA) is 83.6 Å². The van der Waals surface area contributed by atoms with Crippen molar-refractivity contribution < 1.29 is 14.7 Å². The Morgan fingerprint density at radius 3 is 1.12 bits per heavy atom. The van der Waals surface area contributed by atoms with Gasteiger partial charge in [0.25, 0.3) is 0 Å². The van der Waals surface area contributed by atoms with Gasteiger partial charge in [-0.25, -0.2) is 0 Å². The zero-order valence-electron chi connectivity index (χ0n) is 21.8. The number of rotatable bonds is 23. The number of carboxylic acid groups (broad SMARTS) is 1. The van der Waals surface area contributed by atoms with Gasteiger partial charge in [0.15, 0.2) is 0 Å². The molecule has 0 aliphatic heterocycles. The molecule has 0 unspecified atom stereocenters. The summed E-state index contributed by atoms with van der Waals surface area (Å²) < 4.78 is 0. The number of hydrogen-bond donors (Lipinski definition) is 2. The Morgan fingerprint density at radius 1 is 0.594 bits per heavy atom. The van der Waals surface area contributed by atoms with Crippen molar-refractivity contribution in [2.75, 3.05) is 20.6 Å². The minimum Gasteiger partial charge on any atom is -0.481 e. The van der Waals surface area contributed by atoms with Crippen LogP contribution in [-0.4, -0.2) is 42.5 Å². The Balaban J connectivity index is 0. The molecule has 0 aromatic rings. The molecule has 0 heterocycles. The first-order valence-corrected chi connectivity index (χ1v) is 13.5. The summed E-state index contributed by atoms with van der Waals surface area (Å²) in [7, 11) is 3.81. The standard InChI is InChI=1S/C22H44O2.C5H12N2O/c1-2-3-4-5-6-7-8-9-10-11-12-13-14-15-16-17-18-19-20-21-22(23)24;1-7(2)4-3-5(6)8/h2-21H2,1H3,(H,23,24);3-4H2,1-2H3,(H2,6,8). The molecule has 32 heavy (non-hydrogen) atoms. The maximum absolute atomic E-state index is 10.4. The number of primary amides is 1. The summed E-state index contributed by atoms with van der Waals surface area (Å²) in [6, 6.07) is 0. The maximum atomic E-state index is 10.4. The van der Waals surface area contributed by atoms with E-state index in [9.17, 15) is 9.59 Å². The number of carbonyl (C=O) groups is 2. The van der Waals surface area contributed by atoms with Crippen molar-refractivity contribution in [1.29, 1.82) is 0 Å². The number of amides is 1. The van der Waals surface area contributed by atoms with Gasteiger partial charge in [0.2, 0.25) is 5.91 Å². The van der Waals surface area contributed by atoms with Gasteiger partial charge in [-0.3, -0.25) is 9.59 Å². The lowest BCUT2D eigenvalue weighted by atomic mass is 10.0. The van der Waals surface area contributed by atoms with E-state index in [1.807, 2.05) is 19.0 Å². The Bertz CT molecular complexity index is 400. The molecule has 0 fully saturated rings. The second kappa shape index (κ2) is 27.9. The predicted octanol–water partition coefficient (Wildman–Crippen LogP) is 7.32. The number of unbranched alkanes of at least 4 members (excludes halogenated alkanes) is 18. The van der Waals surface area contributed by atoms with Crippen LogP contribution >= 0.6 is 0 Å². The van der Waals surface area contributed by atoms with Crippen LogP contribution in [0.4, 0.5) is 0 Å². The highest BCUT2D eigenvalue weighted by atomic mass is 16.4. The molecule has 5 nitrogen and oxygen atoms in total. The van der Waals surface area contributed by atoms with Crippen molar-refractivity contribution in [3.8, 4) is 0 Å². The molecule has 0 atom stereocenters. The van der Waals surface area contributed by atoms with Crippen LogP contribution in [0, 0.1) is 0 Å². The molecule has 1 amide bonds. The zero-order valence-corrected chi connectivity index (χ0v) is 21.8. The van der Waals surface area contributed by atoms with E-state index in [1.165, 1.54) is 109 Å². The predicted molar refractivity (Wildman–Crippen MR) is 138 cm³/mol. The number of nitrogens with zero attached hydrogens (tertiary/aromatic N) is 1. The van der Waals surface area contributed by atoms with Crippen LogP contribution < -0.4 is 5.73 Å². The van der Waals surface area contributed by atoms with E-state index < -0.39 is 5.97 Å². The molecule has 0 saturated heterocycles. The smallest absolute Gasteiger partial charge is 0.303 e. The molecule has 0 aliphatic rings. The van der Waals surface area contributed by atoms with Crippen molar-refractivity contribution in [2.24, 2.45) is 5.73 Å². The van der Waals surface area contributed by atoms with E-state index >= 15 is 0 Å². The third-order valence-corrected chi connectivity index (χ3v) is 5.80. The summed E-state index contributed by atoms with van der Waals surface area (Å²) in [5, 5.41) is 8.56. The third-order valence-electron chi connectivity index (χ3n) is 5.80. The number of aliphatic carboxylic acids is 1. The summed E-state index contributed by atoms with van der Waals surface area (Å²) in [6.07, 6.45) is 26.5. The lowest BCUT2D eigenvalue weighted by molar-refractivity contribution is -0.137. The molecule has 0 aromatic carbocycles. The fourth-order valence-corrected chi connectivity index (χ4v) is 3.69. The second-order valence-corrected chi connectivity index (χ2v) is 9.53. The summed E-state index contributed by atoms with van der Waals surface area (Å²) in [5.41, 5.74) is 4.88. The van der Waals surface area contributed by atoms with Crippen LogP contribution in [0.25, 0.3) is 0 Å². The number of nitrogens with two attached hydrogens (primary N) is 1. The van der Waals surface area contributed by atoms with E-state index in [2.05, 4.69) is 6.92 Å². The Kier molecular flexibility index (Phi) is 28.9. The van der Waals surface area contributed by atoms with Crippen LogP contribution in [0.3, 0.4) is 0 Å². The van der Waals surface area contributed by atoms with Crippen molar-refractivity contribution >= 4 is 11.9 Å². The minimum atomic E-state index is -0.651. The monoisotopic (exact) mass is 456 g/mol. The number of hydrogen-bond acceptors (Lipinski definition) is 3. The van der Waals surface area contributed by atoms with Gasteiger partial charge in [0.1, 0.15) is 0 Å². The highest BCUT2D eigenvalue weighted by molar-refractivity contribution is 5.73. The lowest BCUT2D eigenvalue weighted by Gasteiger charge is -2.05. The fraction of sp³-hybridized carbons (Fsp3) is 0.926. The average molecular weight is 457 g/mol. The summed E-state index contributed by atoms with van der Waals surface area (Å²) >= 11 is 0. The minimum absolute atomic E-state index is 0.237. The van der Waals surface area contributed by atoms with Gasteiger partial charge < -0.3 is 15.7 Å². The quantitative estimate of drug-likeness (QED) is 0.158. The largest absolute Gasteiger partial charge is 0.481 e. The third kappa shape index (κ3) is 36.3. The molecule has 0 bridgehead atoms. The second-order valence-electron chi connectivity index (χ2n) is 9.53. The summed E-state index contributed by atoms with van der Waals surface area (Å²) in [6.45, 7) is 3.03. The van der Waals surface area contributed by atoms with Gasteiger partial charge in [-0.1, -0.05) is 122 Å². The highest BCUT2D eigenvalue weighted by Gasteiger charge is 1.97. The molecule has 0 saturated carbocycles. The van der Waals surface area contributed by atoms with E-state index in [0.29, 0.717) is 12.8 Å². The Hall–Kier alpha value is -1.10. The molecule has 0 spiro atoms. The van der Waals surface area contributed by atoms with Crippen molar-refractivity contribution in [2.45, 2.75) is 142 Å². The first-order chi connectivity index (χ1) is 15.4. The normalized spacial score (nSPS) is 10.8. The maximum Gasteiger partial charge on any atom is 0.303 e. The molecule has 0 aliphatic carbocycles. The molecule has 5 heteroatoms. The van der Waals surface area contributed by atoms with Gasteiger partial charge in [-0.05, 0) is 20.5 Å². The molecular weight excluding hydrogens is 400 g/mol. The van der Waals surface area contributed by atoms with Crippen LogP contribution in [-0.2, 0) is 9.59 Å². The number of carbonyl (C=O) groups excluding carboxylic acids is 1. The van der Waals surface area contributed by atoms with Gasteiger partial charge in [0.05, 0.1) is 0 Å². The van der Waals surface area contributed by atoms with Crippen molar-refractivity contribution in [3.05, 3.63) is 0 Å². The highest BCUT2D eigenvalue weighted by Crippen LogP contribution is 2.14. The van der Waals surface area contributed by atoms with Gasteiger partial charge >= 0.3 is 5.97 Å². The fourth-order valence-electron chi connectivity index (χ4n) is 3.69. The summed E-state index contributed by atoms with van der Waals surface area (Å²) in [4.78, 5) is 22.4.